The molecule has 0 saturated carbocycles. The topological polar surface area (TPSA) is 113 Å². The molecule has 0 aliphatic heterocycles. The van der Waals surface area contributed by atoms with Crippen LogP contribution in [-0.4, -0.2) is 21.5 Å². The quantitative estimate of drug-likeness (QED) is 0.761. The molecule has 7 heteroatoms. The van der Waals surface area contributed by atoms with Gasteiger partial charge in [-0.15, -0.1) is 0 Å². The molecule has 0 bridgehead atoms. The minimum absolute atomic E-state index is 0.0158. The summed E-state index contributed by atoms with van der Waals surface area (Å²) in [4.78, 5) is 1.86. The first-order valence-corrected chi connectivity index (χ1v) is 6.99. The molecule has 18 heavy (non-hydrogen) atoms. The van der Waals surface area contributed by atoms with Crippen LogP contribution in [0.15, 0.2) is 23.1 Å². The minimum Gasteiger partial charge on any atom is -0.397 e. The van der Waals surface area contributed by atoms with Crippen LogP contribution in [0.4, 0.5) is 11.4 Å². The number of nitrogens with zero attached hydrogens (tertiary/aromatic N) is 2. The molecule has 1 aromatic rings. The Balaban J connectivity index is 3.18. The third-order valence-corrected chi connectivity index (χ3v) is 3.46. The first kappa shape index (κ1) is 14.3. The standard InChI is InChI=1S/C11H16N4O2S/c1-2-15(7-3-6-12)11-8-9(18(14,16)17)4-5-10(11)13/h4-5,8H,2-3,7,13H2,1H3,(H2,14,16,17). The summed E-state index contributed by atoms with van der Waals surface area (Å²) in [6, 6.07) is 6.35. The average molecular weight is 268 g/mol. The van der Waals surface area contributed by atoms with Gasteiger partial charge in [0.05, 0.1) is 28.8 Å². The van der Waals surface area contributed by atoms with Gasteiger partial charge in [-0.25, -0.2) is 13.6 Å². The fourth-order valence-corrected chi connectivity index (χ4v) is 2.14. The van der Waals surface area contributed by atoms with Crippen molar-refractivity contribution < 1.29 is 8.42 Å². The molecule has 0 amide bonds. The number of rotatable bonds is 5. The maximum absolute atomic E-state index is 11.3. The zero-order valence-corrected chi connectivity index (χ0v) is 10.9. The summed E-state index contributed by atoms with van der Waals surface area (Å²) < 4.78 is 22.6. The maximum atomic E-state index is 11.3. The van der Waals surface area contributed by atoms with Crippen LogP contribution in [0.5, 0.6) is 0 Å². The Morgan fingerprint density at radius 2 is 2.11 bits per heavy atom. The van der Waals surface area contributed by atoms with Crippen LogP contribution in [0.1, 0.15) is 13.3 Å². The number of hydrogen-bond acceptors (Lipinski definition) is 5. The predicted molar refractivity (Wildman–Crippen MR) is 70.3 cm³/mol. The lowest BCUT2D eigenvalue weighted by molar-refractivity contribution is 0.598. The number of nitrogens with two attached hydrogens (primary N) is 2. The molecule has 0 fully saturated rings. The number of benzene rings is 1. The van der Waals surface area contributed by atoms with Crippen molar-refractivity contribution in [2.45, 2.75) is 18.2 Å². The third-order valence-electron chi connectivity index (χ3n) is 2.55. The van der Waals surface area contributed by atoms with Gasteiger partial charge in [-0.3, -0.25) is 0 Å². The van der Waals surface area contributed by atoms with Gasteiger partial charge >= 0.3 is 0 Å². The largest absolute Gasteiger partial charge is 0.397 e. The van der Waals surface area contributed by atoms with E-state index in [9.17, 15) is 8.42 Å². The minimum atomic E-state index is -3.75. The van der Waals surface area contributed by atoms with E-state index in [2.05, 4.69) is 0 Å². The zero-order valence-electron chi connectivity index (χ0n) is 10.1. The van der Waals surface area contributed by atoms with Gasteiger partial charge in [-0.2, -0.15) is 5.26 Å². The van der Waals surface area contributed by atoms with Crippen molar-refractivity contribution >= 4 is 21.4 Å². The summed E-state index contributed by atoms with van der Waals surface area (Å²) in [6.07, 6.45) is 0.340. The van der Waals surface area contributed by atoms with Crippen LogP contribution in [0, 0.1) is 11.3 Å². The SMILES string of the molecule is CCN(CCC#N)c1cc(S(N)(=O)=O)ccc1N. The average Bonchev–Trinajstić information content (AvgIpc) is 2.30. The molecule has 0 heterocycles. The summed E-state index contributed by atoms with van der Waals surface area (Å²) in [5.74, 6) is 0. The Bertz CT molecular complexity index is 563. The summed E-state index contributed by atoms with van der Waals surface area (Å²) >= 11 is 0. The molecular formula is C11H16N4O2S. The van der Waals surface area contributed by atoms with E-state index < -0.39 is 10.0 Å². The third kappa shape index (κ3) is 3.35. The molecule has 98 valence electrons. The highest BCUT2D eigenvalue weighted by molar-refractivity contribution is 7.89. The summed E-state index contributed by atoms with van der Waals surface area (Å²) in [6.45, 7) is 3.02. The van der Waals surface area contributed by atoms with E-state index in [0.29, 0.717) is 30.9 Å². The van der Waals surface area contributed by atoms with Crippen LogP contribution in [-0.2, 0) is 10.0 Å². The van der Waals surface area contributed by atoms with Crippen molar-refractivity contribution in [3.05, 3.63) is 18.2 Å². The molecule has 4 N–H and O–H groups in total. The van der Waals surface area contributed by atoms with Crippen LogP contribution >= 0.6 is 0 Å². The summed E-state index contributed by atoms with van der Waals surface area (Å²) in [7, 11) is -3.75. The van der Waals surface area contributed by atoms with E-state index in [1.54, 1.807) is 0 Å². The number of primary sulfonamides is 1. The lowest BCUT2D eigenvalue weighted by atomic mass is 10.2. The highest BCUT2D eigenvalue weighted by Crippen LogP contribution is 2.26. The van der Waals surface area contributed by atoms with Crippen molar-refractivity contribution in [2.75, 3.05) is 23.7 Å². The second kappa shape index (κ2) is 5.71. The fourth-order valence-electron chi connectivity index (χ4n) is 1.61. The van der Waals surface area contributed by atoms with Crippen LogP contribution in [0.3, 0.4) is 0 Å². The number of nitriles is 1. The molecule has 1 aromatic carbocycles. The smallest absolute Gasteiger partial charge is 0.238 e. The fraction of sp³-hybridized carbons (Fsp3) is 0.364. The molecule has 1 rings (SSSR count). The maximum Gasteiger partial charge on any atom is 0.238 e. The van der Waals surface area contributed by atoms with Gasteiger partial charge in [0.25, 0.3) is 0 Å². The van der Waals surface area contributed by atoms with Gasteiger partial charge in [-0.05, 0) is 25.1 Å². The molecule has 0 spiro atoms. The molecule has 0 atom stereocenters. The van der Waals surface area contributed by atoms with E-state index in [4.69, 9.17) is 16.1 Å². The highest BCUT2D eigenvalue weighted by atomic mass is 32.2. The van der Waals surface area contributed by atoms with E-state index in [1.807, 2.05) is 17.9 Å². The lowest BCUT2D eigenvalue weighted by Gasteiger charge is -2.23. The van der Waals surface area contributed by atoms with Gasteiger partial charge in [0.2, 0.25) is 10.0 Å². The Hall–Kier alpha value is -1.78. The first-order chi connectivity index (χ1) is 8.40. The Kier molecular flexibility index (Phi) is 4.53. The Morgan fingerprint density at radius 3 is 2.61 bits per heavy atom. The molecule has 0 unspecified atom stereocenters. The predicted octanol–water partition coefficient (Wildman–Crippen LogP) is 0.656. The van der Waals surface area contributed by atoms with Crippen molar-refractivity contribution in [2.24, 2.45) is 5.14 Å². The van der Waals surface area contributed by atoms with Gasteiger partial charge in [0.1, 0.15) is 0 Å². The molecule has 0 aliphatic carbocycles. The second-order valence-corrected chi connectivity index (χ2v) is 5.31. The molecule has 0 saturated heterocycles. The van der Waals surface area contributed by atoms with Crippen LogP contribution < -0.4 is 15.8 Å². The summed E-state index contributed by atoms with van der Waals surface area (Å²) in [5.41, 5.74) is 6.86. The molecule has 0 radical (unpaired) electrons. The van der Waals surface area contributed by atoms with Gasteiger partial charge in [0, 0.05) is 13.1 Å². The lowest BCUT2D eigenvalue weighted by Crippen LogP contribution is -2.25. The van der Waals surface area contributed by atoms with Crippen LogP contribution in [0.25, 0.3) is 0 Å². The van der Waals surface area contributed by atoms with Crippen molar-refractivity contribution in [3.8, 4) is 6.07 Å². The second-order valence-electron chi connectivity index (χ2n) is 3.75. The summed E-state index contributed by atoms with van der Waals surface area (Å²) in [5, 5.41) is 13.7. The normalized spacial score (nSPS) is 10.9. The van der Waals surface area contributed by atoms with Crippen molar-refractivity contribution in [1.29, 1.82) is 5.26 Å². The first-order valence-electron chi connectivity index (χ1n) is 5.44. The Morgan fingerprint density at radius 1 is 1.44 bits per heavy atom. The van der Waals surface area contributed by atoms with Gasteiger partial charge in [-0.1, -0.05) is 0 Å². The van der Waals surface area contributed by atoms with E-state index in [1.165, 1.54) is 18.2 Å². The molecule has 6 nitrogen and oxygen atoms in total. The van der Waals surface area contributed by atoms with Crippen molar-refractivity contribution in [1.82, 2.24) is 0 Å². The highest BCUT2D eigenvalue weighted by Gasteiger charge is 2.13. The van der Waals surface area contributed by atoms with E-state index >= 15 is 0 Å². The van der Waals surface area contributed by atoms with Crippen molar-refractivity contribution in [3.63, 3.8) is 0 Å². The monoisotopic (exact) mass is 268 g/mol. The molecule has 0 aromatic heterocycles. The molecular weight excluding hydrogens is 252 g/mol. The Labute approximate surface area is 107 Å². The van der Waals surface area contributed by atoms with Gasteiger partial charge in [0.15, 0.2) is 0 Å². The number of sulfonamides is 1. The van der Waals surface area contributed by atoms with E-state index in [0.717, 1.165) is 0 Å². The van der Waals surface area contributed by atoms with E-state index in [-0.39, 0.29) is 4.90 Å². The number of hydrogen-bond donors (Lipinski definition) is 2. The number of nitrogen functional groups attached to an aromatic ring is 1. The molecule has 0 aliphatic rings. The zero-order chi connectivity index (χ0) is 13.8. The number of anilines is 2. The van der Waals surface area contributed by atoms with Crippen LogP contribution in [0.2, 0.25) is 0 Å². The van der Waals surface area contributed by atoms with Gasteiger partial charge < -0.3 is 10.6 Å².